The lowest BCUT2D eigenvalue weighted by Gasteiger charge is -2.16. The van der Waals surface area contributed by atoms with Crippen molar-refractivity contribution in [2.45, 2.75) is 19.8 Å². The third-order valence-electron chi connectivity index (χ3n) is 3.98. The summed E-state index contributed by atoms with van der Waals surface area (Å²) in [6.45, 7) is 2.54. The Morgan fingerprint density at radius 1 is 1.24 bits per heavy atom. The second-order valence-electron chi connectivity index (χ2n) is 5.97. The molecule has 2 aromatic carbocycles. The minimum absolute atomic E-state index is 0.129. The Labute approximate surface area is 151 Å². The lowest BCUT2D eigenvalue weighted by Crippen LogP contribution is -2.23. The van der Waals surface area contributed by atoms with Gasteiger partial charge in [0.25, 0.3) is 5.91 Å². The van der Waals surface area contributed by atoms with Crippen LogP contribution in [0.1, 0.15) is 18.4 Å². The van der Waals surface area contributed by atoms with Crippen molar-refractivity contribution in [1.82, 2.24) is 0 Å². The van der Waals surface area contributed by atoms with Crippen molar-refractivity contribution < 1.29 is 14.3 Å². The number of halogens is 1. The number of ether oxygens (including phenoxy) is 1. The summed E-state index contributed by atoms with van der Waals surface area (Å²) in [6, 6.07) is 12.6. The number of rotatable bonds is 5. The SMILES string of the molecule is Cc1ccc(Cl)c(OCC(=O)Nc2ccc(N3CCCC3=O)cc2)c1. The molecule has 1 N–H and O–H groups in total. The molecule has 1 heterocycles. The first-order chi connectivity index (χ1) is 12.0. The predicted octanol–water partition coefficient (Wildman–Crippen LogP) is 3.79. The van der Waals surface area contributed by atoms with E-state index in [2.05, 4.69) is 5.32 Å². The Kier molecular flexibility index (Phi) is 5.24. The summed E-state index contributed by atoms with van der Waals surface area (Å²) in [4.78, 5) is 25.5. The average Bonchev–Trinajstić information content (AvgIpc) is 3.02. The fourth-order valence-corrected chi connectivity index (χ4v) is 2.88. The van der Waals surface area contributed by atoms with E-state index in [1.807, 2.05) is 25.1 Å². The third kappa shape index (κ3) is 4.31. The number of carbonyl (C=O) groups is 2. The van der Waals surface area contributed by atoms with Gasteiger partial charge in [0, 0.05) is 24.3 Å². The largest absolute Gasteiger partial charge is 0.482 e. The number of aryl methyl sites for hydroxylation is 1. The van der Waals surface area contributed by atoms with Crippen LogP contribution in [0, 0.1) is 6.92 Å². The molecule has 2 amide bonds. The van der Waals surface area contributed by atoms with Crippen molar-refractivity contribution in [3.8, 4) is 5.75 Å². The number of nitrogens with one attached hydrogen (secondary N) is 1. The number of carbonyl (C=O) groups excluding carboxylic acids is 2. The fourth-order valence-electron chi connectivity index (χ4n) is 2.71. The summed E-state index contributed by atoms with van der Waals surface area (Å²) < 4.78 is 5.47. The van der Waals surface area contributed by atoms with Crippen LogP contribution in [0.2, 0.25) is 5.02 Å². The first kappa shape index (κ1) is 17.3. The molecule has 3 rings (SSSR count). The van der Waals surface area contributed by atoms with Gasteiger partial charge in [0.1, 0.15) is 5.75 Å². The van der Waals surface area contributed by atoms with Gasteiger partial charge in [-0.1, -0.05) is 17.7 Å². The first-order valence-electron chi connectivity index (χ1n) is 8.12. The molecule has 130 valence electrons. The molecular weight excluding hydrogens is 340 g/mol. The van der Waals surface area contributed by atoms with Gasteiger partial charge in [-0.25, -0.2) is 0 Å². The highest BCUT2D eigenvalue weighted by Gasteiger charge is 2.21. The third-order valence-corrected chi connectivity index (χ3v) is 4.29. The van der Waals surface area contributed by atoms with Gasteiger partial charge in [0.05, 0.1) is 5.02 Å². The zero-order valence-electron chi connectivity index (χ0n) is 13.9. The normalized spacial score (nSPS) is 13.8. The van der Waals surface area contributed by atoms with Crippen LogP contribution in [0.15, 0.2) is 42.5 Å². The molecule has 0 unspecified atom stereocenters. The highest BCUT2D eigenvalue weighted by molar-refractivity contribution is 6.32. The molecule has 2 aromatic rings. The Morgan fingerprint density at radius 2 is 2.00 bits per heavy atom. The first-order valence-corrected chi connectivity index (χ1v) is 8.50. The van der Waals surface area contributed by atoms with Gasteiger partial charge in [-0.05, 0) is 55.3 Å². The number of nitrogens with zero attached hydrogens (tertiary/aromatic N) is 1. The van der Waals surface area contributed by atoms with Gasteiger partial charge in [0.15, 0.2) is 6.61 Å². The standard InChI is InChI=1S/C19H19ClN2O3/c1-13-4-9-16(20)17(11-13)25-12-18(23)21-14-5-7-15(8-6-14)22-10-2-3-19(22)24/h4-9,11H,2-3,10,12H2,1H3,(H,21,23). The summed E-state index contributed by atoms with van der Waals surface area (Å²) in [7, 11) is 0. The average molecular weight is 359 g/mol. The smallest absolute Gasteiger partial charge is 0.262 e. The Morgan fingerprint density at radius 3 is 2.68 bits per heavy atom. The van der Waals surface area contributed by atoms with Crippen molar-refractivity contribution in [1.29, 1.82) is 0 Å². The van der Waals surface area contributed by atoms with Crippen LogP contribution < -0.4 is 15.0 Å². The molecule has 0 spiro atoms. The van der Waals surface area contributed by atoms with E-state index in [1.165, 1.54) is 0 Å². The van der Waals surface area contributed by atoms with E-state index in [0.717, 1.165) is 24.2 Å². The van der Waals surface area contributed by atoms with E-state index in [9.17, 15) is 9.59 Å². The lowest BCUT2D eigenvalue weighted by atomic mass is 10.2. The minimum Gasteiger partial charge on any atom is -0.482 e. The molecule has 0 aromatic heterocycles. The van der Waals surface area contributed by atoms with Crippen molar-refractivity contribution in [3.05, 3.63) is 53.1 Å². The van der Waals surface area contributed by atoms with E-state index in [0.29, 0.717) is 22.9 Å². The Bertz CT molecular complexity index is 790. The van der Waals surface area contributed by atoms with E-state index in [-0.39, 0.29) is 18.4 Å². The van der Waals surface area contributed by atoms with E-state index in [4.69, 9.17) is 16.3 Å². The summed E-state index contributed by atoms with van der Waals surface area (Å²) in [5, 5.41) is 3.24. The summed E-state index contributed by atoms with van der Waals surface area (Å²) >= 11 is 6.04. The van der Waals surface area contributed by atoms with Crippen LogP contribution in [-0.4, -0.2) is 25.0 Å². The number of benzene rings is 2. The number of hydrogen-bond donors (Lipinski definition) is 1. The summed E-state index contributed by atoms with van der Waals surface area (Å²) in [5.41, 5.74) is 2.51. The molecular formula is C19H19ClN2O3. The van der Waals surface area contributed by atoms with Crippen molar-refractivity contribution in [3.63, 3.8) is 0 Å². The van der Waals surface area contributed by atoms with Crippen molar-refractivity contribution >= 4 is 34.8 Å². The van der Waals surface area contributed by atoms with E-state index < -0.39 is 0 Å². The molecule has 1 fully saturated rings. The van der Waals surface area contributed by atoms with Gasteiger partial charge in [-0.15, -0.1) is 0 Å². The van der Waals surface area contributed by atoms with Gasteiger partial charge < -0.3 is 15.0 Å². The van der Waals surface area contributed by atoms with Crippen LogP contribution in [0.5, 0.6) is 5.75 Å². The summed E-state index contributed by atoms with van der Waals surface area (Å²) in [5.74, 6) is 0.350. The van der Waals surface area contributed by atoms with Gasteiger partial charge in [-0.3, -0.25) is 9.59 Å². The molecule has 6 heteroatoms. The van der Waals surface area contributed by atoms with Crippen molar-refractivity contribution in [2.75, 3.05) is 23.4 Å². The van der Waals surface area contributed by atoms with Crippen LogP contribution in [0.4, 0.5) is 11.4 Å². The Hall–Kier alpha value is -2.53. The molecule has 0 saturated carbocycles. The maximum absolute atomic E-state index is 12.0. The highest BCUT2D eigenvalue weighted by atomic mass is 35.5. The maximum Gasteiger partial charge on any atom is 0.262 e. The second-order valence-corrected chi connectivity index (χ2v) is 6.37. The van der Waals surface area contributed by atoms with Crippen molar-refractivity contribution in [2.24, 2.45) is 0 Å². The molecule has 1 saturated heterocycles. The maximum atomic E-state index is 12.0. The van der Waals surface area contributed by atoms with Crippen LogP contribution >= 0.6 is 11.6 Å². The number of anilines is 2. The van der Waals surface area contributed by atoms with Crippen LogP contribution in [0.25, 0.3) is 0 Å². The quantitative estimate of drug-likeness (QED) is 0.884. The molecule has 0 bridgehead atoms. The summed E-state index contributed by atoms with van der Waals surface area (Å²) in [6.07, 6.45) is 1.48. The fraction of sp³-hybridized carbons (Fsp3) is 0.263. The van der Waals surface area contributed by atoms with Crippen LogP contribution in [0.3, 0.4) is 0 Å². The zero-order chi connectivity index (χ0) is 17.8. The number of amides is 2. The molecule has 1 aliphatic heterocycles. The molecule has 0 radical (unpaired) electrons. The monoisotopic (exact) mass is 358 g/mol. The van der Waals surface area contributed by atoms with E-state index >= 15 is 0 Å². The van der Waals surface area contributed by atoms with E-state index in [1.54, 1.807) is 29.2 Å². The molecule has 5 nitrogen and oxygen atoms in total. The number of hydrogen-bond acceptors (Lipinski definition) is 3. The van der Waals surface area contributed by atoms with Gasteiger partial charge in [0.2, 0.25) is 5.91 Å². The molecule has 1 aliphatic rings. The topological polar surface area (TPSA) is 58.6 Å². The lowest BCUT2D eigenvalue weighted by molar-refractivity contribution is -0.118. The minimum atomic E-state index is -0.275. The van der Waals surface area contributed by atoms with Gasteiger partial charge in [-0.2, -0.15) is 0 Å². The van der Waals surface area contributed by atoms with Crippen LogP contribution in [-0.2, 0) is 9.59 Å². The molecule has 25 heavy (non-hydrogen) atoms. The zero-order valence-corrected chi connectivity index (χ0v) is 14.7. The predicted molar refractivity (Wildman–Crippen MR) is 98.3 cm³/mol. The molecule has 0 aliphatic carbocycles. The molecule has 0 atom stereocenters. The van der Waals surface area contributed by atoms with Gasteiger partial charge >= 0.3 is 0 Å². The Balaban J connectivity index is 1.56. The highest BCUT2D eigenvalue weighted by Crippen LogP contribution is 2.25. The second kappa shape index (κ2) is 7.57.